The molecular weight excluding hydrogens is 246 g/mol. The van der Waals surface area contributed by atoms with Crippen LogP contribution in [0.15, 0.2) is 42.6 Å². The average molecular weight is 263 g/mol. The number of hydrogen-bond acceptors (Lipinski definition) is 3. The smallest absolute Gasteiger partial charge is 0.144 e. The van der Waals surface area contributed by atoms with Gasteiger partial charge >= 0.3 is 0 Å². The Bertz CT molecular complexity index is 616. The molecule has 0 aliphatic carbocycles. The van der Waals surface area contributed by atoms with Crippen molar-refractivity contribution in [3.8, 4) is 6.07 Å². The number of aromatic nitrogens is 1. The van der Waals surface area contributed by atoms with Crippen molar-refractivity contribution in [1.82, 2.24) is 9.88 Å². The number of rotatable bonds is 2. The molecule has 0 bridgehead atoms. The lowest BCUT2D eigenvalue weighted by Gasteiger charge is -2.19. The minimum atomic E-state index is 0.550. The molecule has 0 unspecified atom stereocenters. The molecule has 1 aromatic heterocycles. The predicted octanol–water partition coefficient (Wildman–Crippen LogP) is 2.55. The summed E-state index contributed by atoms with van der Waals surface area (Å²) in [5.41, 5.74) is 4.50. The van der Waals surface area contributed by atoms with E-state index < -0.39 is 0 Å². The molecule has 2 heterocycles. The molecule has 100 valence electrons. The van der Waals surface area contributed by atoms with Crippen LogP contribution in [0.4, 0.5) is 0 Å². The molecule has 3 rings (SSSR count). The largest absolute Gasteiger partial charge is 0.298 e. The summed E-state index contributed by atoms with van der Waals surface area (Å²) in [4.78, 5) is 6.55. The fourth-order valence-electron chi connectivity index (χ4n) is 2.78. The standard InChI is InChI=1S/C17H17N3/c18-12-17-16(6-3-9-19-17)13-20-10-7-14-4-1-2-5-15(14)8-11-20/h1-6,9H,7-8,10-11,13H2. The van der Waals surface area contributed by atoms with Gasteiger partial charge in [0.25, 0.3) is 0 Å². The second-order valence-corrected chi connectivity index (χ2v) is 5.17. The van der Waals surface area contributed by atoms with E-state index in [1.807, 2.05) is 12.1 Å². The van der Waals surface area contributed by atoms with Crippen LogP contribution in [0, 0.1) is 11.3 Å². The van der Waals surface area contributed by atoms with Crippen molar-refractivity contribution >= 4 is 0 Å². The van der Waals surface area contributed by atoms with Crippen LogP contribution in [-0.2, 0) is 19.4 Å². The van der Waals surface area contributed by atoms with E-state index in [1.165, 1.54) is 11.1 Å². The van der Waals surface area contributed by atoms with Crippen LogP contribution >= 0.6 is 0 Å². The molecule has 0 fully saturated rings. The van der Waals surface area contributed by atoms with Gasteiger partial charge in [-0.05, 0) is 30.0 Å². The van der Waals surface area contributed by atoms with Crippen molar-refractivity contribution < 1.29 is 0 Å². The molecule has 1 aliphatic rings. The van der Waals surface area contributed by atoms with E-state index in [-0.39, 0.29) is 0 Å². The summed E-state index contributed by atoms with van der Waals surface area (Å²) in [6, 6.07) is 14.8. The third kappa shape index (κ3) is 2.71. The Morgan fingerprint density at radius 2 is 1.75 bits per heavy atom. The van der Waals surface area contributed by atoms with Crippen LogP contribution in [0.3, 0.4) is 0 Å². The van der Waals surface area contributed by atoms with E-state index in [4.69, 9.17) is 5.26 Å². The van der Waals surface area contributed by atoms with Crippen LogP contribution in [0.1, 0.15) is 22.4 Å². The Morgan fingerprint density at radius 3 is 2.40 bits per heavy atom. The van der Waals surface area contributed by atoms with Crippen LogP contribution in [0.2, 0.25) is 0 Å². The van der Waals surface area contributed by atoms with Gasteiger partial charge in [-0.25, -0.2) is 4.98 Å². The summed E-state index contributed by atoms with van der Waals surface area (Å²) in [5, 5.41) is 9.11. The first-order valence-corrected chi connectivity index (χ1v) is 7.00. The molecule has 0 saturated heterocycles. The lowest BCUT2D eigenvalue weighted by molar-refractivity contribution is 0.278. The monoisotopic (exact) mass is 263 g/mol. The zero-order valence-corrected chi connectivity index (χ0v) is 11.4. The second kappa shape index (κ2) is 5.85. The molecule has 3 heteroatoms. The predicted molar refractivity (Wildman–Crippen MR) is 78.1 cm³/mol. The van der Waals surface area contributed by atoms with E-state index in [2.05, 4.69) is 40.2 Å². The maximum atomic E-state index is 9.11. The van der Waals surface area contributed by atoms with Crippen molar-refractivity contribution in [1.29, 1.82) is 5.26 Å². The second-order valence-electron chi connectivity index (χ2n) is 5.17. The number of nitrogens with zero attached hydrogens (tertiary/aromatic N) is 3. The van der Waals surface area contributed by atoms with Gasteiger partial charge in [-0.1, -0.05) is 30.3 Å². The minimum Gasteiger partial charge on any atom is -0.298 e. The lowest BCUT2D eigenvalue weighted by Crippen LogP contribution is -2.26. The van der Waals surface area contributed by atoms with Crippen LogP contribution in [0.25, 0.3) is 0 Å². The highest BCUT2D eigenvalue weighted by molar-refractivity contribution is 5.31. The number of benzene rings is 1. The first-order chi connectivity index (χ1) is 9.86. The lowest BCUT2D eigenvalue weighted by atomic mass is 10.0. The topological polar surface area (TPSA) is 39.9 Å². The van der Waals surface area contributed by atoms with Gasteiger partial charge in [0.05, 0.1) is 0 Å². The number of fused-ring (bicyclic) bond motifs is 1. The highest BCUT2D eigenvalue weighted by atomic mass is 15.1. The summed E-state index contributed by atoms with van der Waals surface area (Å²) in [6.45, 7) is 2.89. The molecule has 0 N–H and O–H groups in total. The van der Waals surface area contributed by atoms with Crippen molar-refractivity contribution in [3.63, 3.8) is 0 Å². The summed E-state index contributed by atoms with van der Waals surface area (Å²) in [6.07, 6.45) is 3.84. The number of hydrogen-bond donors (Lipinski definition) is 0. The molecule has 3 nitrogen and oxygen atoms in total. The van der Waals surface area contributed by atoms with Crippen LogP contribution in [-0.4, -0.2) is 23.0 Å². The molecule has 20 heavy (non-hydrogen) atoms. The van der Waals surface area contributed by atoms with Gasteiger partial charge in [0, 0.05) is 31.4 Å². The van der Waals surface area contributed by atoms with Crippen molar-refractivity contribution in [2.24, 2.45) is 0 Å². The first-order valence-electron chi connectivity index (χ1n) is 7.00. The molecule has 0 atom stereocenters. The van der Waals surface area contributed by atoms with Gasteiger partial charge in [0.15, 0.2) is 0 Å². The molecule has 1 aliphatic heterocycles. The third-order valence-corrected chi connectivity index (χ3v) is 3.90. The van der Waals surface area contributed by atoms with E-state index >= 15 is 0 Å². The van der Waals surface area contributed by atoms with E-state index in [0.29, 0.717) is 5.69 Å². The fourth-order valence-corrected chi connectivity index (χ4v) is 2.78. The molecule has 0 spiro atoms. The Morgan fingerprint density at radius 1 is 1.05 bits per heavy atom. The normalized spacial score (nSPS) is 15.2. The number of pyridine rings is 1. The molecule has 2 aromatic rings. The maximum absolute atomic E-state index is 9.11. The Labute approximate surface area is 119 Å². The highest BCUT2D eigenvalue weighted by Crippen LogP contribution is 2.17. The summed E-state index contributed by atoms with van der Waals surface area (Å²) in [7, 11) is 0. The maximum Gasteiger partial charge on any atom is 0.144 e. The van der Waals surface area contributed by atoms with Crippen molar-refractivity contribution in [2.45, 2.75) is 19.4 Å². The van der Waals surface area contributed by atoms with Gasteiger partial charge in [-0.15, -0.1) is 0 Å². The van der Waals surface area contributed by atoms with Gasteiger partial charge in [-0.2, -0.15) is 5.26 Å². The van der Waals surface area contributed by atoms with Gasteiger partial charge in [0.1, 0.15) is 11.8 Å². The van der Waals surface area contributed by atoms with Crippen LogP contribution < -0.4 is 0 Å². The van der Waals surface area contributed by atoms with Crippen molar-refractivity contribution in [2.75, 3.05) is 13.1 Å². The summed E-state index contributed by atoms with van der Waals surface area (Å²) < 4.78 is 0. The fraction of sp³-hybridized carbons (Fsp3) is 0.294. The van der Waals surface area contributed by atoms with Crippen LogP contribution in [0.5, 0.6) is 0 Å². The Hall–Kier alpha value is -2.18. The molecule has 0 amide bonds. The zero-order valence-electron chi connectivity index (χ0n) is 11.4. The molecule has 0 radical (unpaired) electrons. The van der Waals surface area contributed by atoms with E-state index in [1.54, 1.807) is 6.20 Å². The van der Waals surface area contributed by atoms with Crippen molar-refractivity contribution in [3.05, 3.63) is 65.0 Å². The minimum absolute atomic E-state index is 0.550. The van der Waals surface area contributed by atoms with Gasteiger partial charge in [-0.3, -0.25) is 4.90 Å². The van der Waals surface area contributed by atoms with Gasteiger partial charge < -0.3 is 0 Å². The first kappa shape index (κ1) is 12.8. The number of nitriles is 1. The molecular formula is C17H17N3. The average Bonchev–Trinajstić information content (AvgIpc) is 2.71. The molecule has 1 aromatic carbocycles. The quantitative estimate of drug-likeness (QED) is 0.836. The Balaban J connectivity index is 1.73. The summed E-state index contributed by atoms with van der Waals surface area (Å²) >= 11 is 0. The van der Waals surface area contributed by atoms with E-state index in [9.17, 15) is 0 Å². The SMILES string of the molecule is N#Cc1ncccc1CN1CCc2ccccc2CC1. The third-order valence-electron chi connectivity index (χ3n) is 3.90. The van der Waals surface area contributed by atoms with Gasteiger partial charge in [0.2, 0.25) is 0 Å². The summed E-state index contributed by atoms with van der Waals surface area (Å²) in [5.74, 6) is 0. The molecule has 0 saturated carbocycles. The highest BCUT2D eigenvalue weighted by Gasteiger charge is 2.15. The zero-order chi connectivity index (χ0) is 13.8. The Kier molecular flexibility index (Phi) is 3.76. The van der Waals surface area contributed by atoms with E-state index in [0.717, 1.165) is 38.0 Å².